The maximum atomic E-state index is 12.8. The van der Waals surface area contributed by atoms with Crippen molar-refractivity contribution in [2.45, 2.75) is 6.42 Å². The molecule has 1 amide bonds. The molecule has 2 rings (SSSR count). The van der Waals surface area contributed by atoms with E-state index in [0.717, 1.165) is 19.0 Å². The molecule has 8 heteroatoms. The minimum Gasteiger partial charge on any atom is -0.352 e. The van der Waals surface area contributed by atoms with Crippen LogP contribution >= 0.6 is 11.6 Å². The number of rotatable bonds is 8. The molecule has 0 saturated carbocycles. The van der Waals surface area contributed by atoms with Gasteiger partial charge in [0.25, 0.3) is 11.6 Å². The second-order valence-electron chi connectivity index (χ2n) is 6.21. The van der Waals surface area contributed by atoms with Gasteiger partial charge in [-0.3, -0.25) is 19.7 Å². The predicted molar refractivity (Wildman–Crippen MR) is 103 cm³/mol. The fraction of sp³-hybridized carbons (Fsp3) is 0.263. The average Bonchev–Trinajstić information content (AvgIpc) is 2.64. The van der Waals surface area contributed by atoms with Gasteiger partial charge in [0.1, 0.15) is 5.02 Å². The number of nitrogens with zero attached hydrogens (tertiary/aromatic N) is 2. The van der Waals surface area contributed by atoms with Gasteiger partial charge in [-0.2, -0.15) is 0 Å². The van der Waals surface area contributed by atoms with Crippen LogP contribution in [-0.4, -0.2) is 48.7 Å². The van der Waals surface area contributed by atoms with Crippen LogP contribution in [0.3, 0.4) is 0 Å². The van der Waals surface area contributed by atoms with Crippen LogP contribution in [0.1, 0.15) is 32.7 Å². The molecule has 7 nitrogen and oxygen atoms in total. The van der Waals surface area contributed by atoms with E-state index in [4.69, 9.17) is 11.6 Å². The highest BCUT2D eigenvalue weighted by molar-refractivity contribution is 6.33. The zero-order valence-corrected chi connectivity index (χ0v) is 15.8. The summed E-state index contributed by atoms with van der Waals surface area (Å²) in [4.78, 5) is 37.7. The van der Waals surface area contributed by atoms with Crippen molar-refractivity contribution >= 4 is 29.0 Å². The Bertz CT molecular complexity index is 868. The number of benzene rings is 2. The first-order valence-corrected chi connectivity index (χ1v) is 8.69. The summed E-state index contributed by atoms with van der Waals surface area (Å²) < 4.78 is 0. The molecule has 0 aliphatic rings. The topological polar surface area (TPSA) is 92.6 Å². The lowest BCUT2D eigenvalue weighted by Crippen LogP contribution is -2.28. The summed E-state index contributed by atoms with van der Waals surface area (Å²) in [5, 5.41) is 13.8. The second-order valence-corrected chi connectivity index (χ2v) is 6.62. The third-order valence-electron chi connectivity index (χ3n) is 3.89. The Labute approximate surface area is 162 Å². The second kappa shape index (κ2) is 9.25. The van der Waals surface area contributed by atoms with Crippen molar-refractivity contribution in [1.82, 2.24) is 10.2 Å². The van der Waals surface area contributed by atoms with E-state index in [-0.39, 0.29) is 33.3 Å². The Morgan fingerprint density at radius 2 is 1.81 bits per heavy atom. The summed E-state index contributed by atoms with van der Waals surface area (Å²) in [6, 6.07) is 10.2. The SMILES string of the molecule is CN(C)CCCNC(=O)c1ccccc1C(=O)c1ccc(Cl)c([N+](=O)[O-])c1. The molecule has 2 aromatic carbocycles. The van der Waals surface area contributed by atoms with E-state index in [1.807, 2.05) is 19.0 Å². The van der Waals surface area contributed by atoms with E-state index >= 15 is 0 Å². The summed E-state index contributed by atoms with van der Waals surface area (Å²) >= 11 is 5.80. The van der Waals surface area contributed by atoms with Gasteiger partial charge in [-0.1, -0.05) is 29.8 Å². The Hall–Kier alpha value is -2.77. The number of carbonyl (C=O) groups is 2. The molecule has 0 saturated heterocycles. The number of amides is 1. The molecule has 27 heavy (non-hydrogen) atoms. The molecule has 0 aliphatic carbocycles. The monoisotopic (exact) mass is 389 g/mol. The number of nitro benzene ring substituents is 1. The number of nitro groups is 1. The minimum absolute atomic E-state index is 0.0523. The third-order valence-corrected chi connectivity index (χ3v) is 4.21. The molecule has 2 aromatic rings. The van der Waals surface area contributed by atoms with Gasteiger partial charge < -0.3 is 10.2 Å². The number of ketones is 1. The fourth-order valence-corrected chi connectivity index (χ4v) is 2.71. The van der Waals surface area contributed by atoms with Crippen molar-refractivity contribution in [1.29, 1.82) is 0 Å². The molecule has 142 valence electrons. The number of halogens is 1. The molecular weight excluding hydrogens is 370 g/mol. The molecule has 0 bridgehead atoms. The van der Waals surface area contributed by atoms with Crippen molar-refractivity contribution in [3.05, 3.63) is 74.3 Å². The van der Waals surface area contributed by atoms with Crippen LogP contribution in [0.5, 0.6) is 0 Å². The van der Waals surface area contributed by atoms with E-state index in [0.29, 0.717) is 6.54 Å². The summed E-state index contributed by atoms with van der Waals surface area (Å²) in [5.74, 6) is -0.838. The maximum Gasteiger partial charge on any atom is 0.288 e. The molecule has 0 unspecified atom stereocenters. The van der Waals surface area contributed by atoms with E-state index in [9.17, 15) is 19.7 Å². The van der Waals surface area contributed by atoms with Gasteiger partial charge in [-0.05, 0) is 45.3 Å². The predicted octanol–water partition coefficient (Wildman–Crippen LogP) is 3.16. The first-order chi connectivity index (χ1) is 12.8. The van der Waals surface area contributed by atoms with Gasteiger partial charge >= 0.3 is 0 Å². The number of hydrogen-bond acceptors (Lipinski definition) is 5. The highest BCUT2D eigenvalue weighted by Crippen LogP contribution is 2.26. The molecule has 0 aromatic heterocycles. The first-order valence-electron chi connectivity index (χ1n) is 8.32. The molecule has 1 N–H and O–H groups in total. The Morgan fingerprint density at radius 3 is 2.44 bits per heavy atom. The Morgan fingerprint density at radius 1 is 1.15 bits per heavy atom. The van der Waals surface area contributed by atoms with E-state index < -0.39 is 10.7 Å². The third kappa shape index (κ3) is 5.35. The molecule has 0 aliphatic heterocycles. The normalized spacial score (nSPS) is 10.7. The van der Waals surface area contributed by atoms with Crippen LogP contribution in [0, 0.1) is 10.1 Å². The quantitative estimate of drug-likeness (QED) is 0.324. The summed E-state index contributed by atoms with van der Waals surface area (Å²) in [5.41, 5.74) is 0.149. The zero-order valence-electron chi connectivity index (χ0n) is 15.1. The number of nitrogens with one attached hydrogen (secondary N) is 1. The Balaban J connectivity index is 2.24. The number of hydrogen-bond donors (Lipinski definition) is 1. The lowest BCUT2D eigenvalue weighted by molar-refractivity contribution is -0.384. The van der Waals surface area contributed by atoms with Gasteiger partial charge in [0.05, 0.1) is 10.5 Å². The van der Waals surface area contributed by atoms with Crippen LogP contribution in [0.25, 0.3) is 0 Å². The van der Waals surface area contributed by atoms with E-state index in [1.54, 1.807) is 18.2 Å². The standard InChI is InChI=1S/C19H20ClN3O4/c1-22(2)11-5-10-21-19(25)15-7-4-3-6-14(15)18(24)13-8-9-16(20)17(12-13)23(26)27/h3-4,6-9,12H,5,10-11H2,1-2H3,(H,21,25). The highest BCUT2D eigenvalue weighted by atomic mass is 35.5. The molecule has 0 heterocycles. The van der Waals surface area contributed by atoms with Crippen molar-refractivity contribution in [2.75, 3.05) is 27.2 Å². The molecule has 0 spiro atoms. The van der Waals surface area contributed by atoms with Gasteiger partial charge in [-0.25, -0.2) is 0 Å². The lowest BCUT2D eigenvalue weighted by Gasteiger charge is -2.12. The summed E-state index contributed by atoms with van der Waals surface area (Å²) in [6.45, 7) is 1.31. The molecule has 0 radical (unpaired) electrons. The van der Waals surface area contributed by atoms with Crippen molar-refractivity contribution in [3.63, 3.8) is 0 Å². The first kappa shape index (κ1) is 20.5. The van der Waals surface area contributed by atoms with Crippen LogP contribution in [-0.2, 0) is 0 Å². The largest absolute Gasteiger partial charge is 0.352 e. The van der Waals surface area contributed by atoms with Crippen molar-refractivity contribution in [2.24, 2.45) is 0 Å². The summed E-state index contributed by atoms with van der Waals surface area (Å²) in [7, 11) is 3.89. The maximum absolute atomic E-state index is 12.8. The van der Waals surface area contributed by atoms with Gasteiger partial charge in [0.2, 0.25) is 0 Å². The van der Waals surface area contributed by atoms with Crippen LogP contribution in [0.2, 0.25) is 5.02 Å². The average molecular weight is 390 g/mol. The molecular formula is C19H20ClN3O4. The molecule has 0 fully saturated rings. The van der Waals surface area contributed by atoms with Gasteiger partial charge in [0.15, 0.2) is 5.78 Å². The van der Waals surface area contributed by atoms with Crippen LogP contribution in [0.4, 0.5) is 5.69 Å². The number of carbonyl (C=O) groups excluding carboxylic acids is 2. The summed E-state index contributed by atoms with van der Waals surface area (Å²) in [6.07, 6.45) is 0.776. The van der Waals surface area contributed by atoms with Crippen LogP contribution in [0.15, 0.2) is 42.5 Å². The van der Waals surface area contributed by atoms with Gasteiger partial charge in [0, 0.05) is 23.7 Å². The smallest absolute Gasteiger partial charge is 0.288 e. The van der Waals surface area contributed by atoms with E-state index in [1.165, 1.54) is 18.2 Å². The minimum atomic E-state index is -0.650. The van der Waals surface area contributed by atoms with E-state index in [2.05, 4.69) is 5.32 Å². The lowest BCUT2D eigenvalue weighted by atomic mass is 9.97. The van der Waals surface area contributed by atoms with Crippen LogP contribution < -0.4 is 5.32 Å². The zero-order chi connectivity index (χ0) is 20.0. The van der Waals surface area contributed by atoms with Gasteiger partial charge in [-0.15, -0.1) is 0 Å². The molecule has 0 atom stereocenters. The highest BCUT2D eigenvalue weighted by Gasteiger charge is 2.21. The fourth-order valence-electron chi connectivity index (χ4n) is 2.52. The van der Waals surface area contributed by atoms with Crippen molar-refractivity contribution in [3.8, 4) is 0 Å². The van der Waals surface area contributed by atoms with Crippen molar-refractivity contribution < 1.29 is 14.5 Å². The Kier molecular flexibility index (Phi) is 7.04.